The van der Waals surface area contributed by atoms with Gasteiger partial charge in [0.1, 0.15) is 11.6 Å². The number of aromatic nitrogens is 2. The van der Waals surface area contributed by atoms with Gasteiger partial charge in [0, 0.05) is 19.2 Å². The van der Waals surface area contributed by atoms with Crippen LogP contribution in [0.15, 0.2) is 36.4 Å². The summed E-state index contributed by atoms with van der Waals surface area (Å²) in [4.78, 5) is 10.0. The predicted octanol–water partition coefficient (Wildman–Crippen LogP) is 0.343. The molecule has 0 atom stereocenters. The van der Waals surface area contributed by atoms with Crippen LogP contribution in [0.2, 0.25) is 0 Å². The minimum absolute atomic E-state index is 0.0160. The highest BCUT2D eigenvalue weighted by Gasteiger charge is 2.11. The van der Waals surface area contributed by atoms with Crippen LogP contribution in [-0.2, 0) is 6.54 Å². The van der Waals surface area contributed by atoms with Crippen molar-refractivity contribution in [2.45, 2.75) is 6.54 Å². The molecule has 2 rings (SSSR count). The number of anilines is 3. The molecular formula is C13H18N6O. The molecule has 0 radical (unpaired) electrons. The van der Waals surface area contributed by atoms with E-state index in [-0.39, 0.29) is 12.6 Å². The lowest BCUT2D eigenvalue weighted by atomic mass is 10.2. The first-order valence-corrected chi connectivity index (χ1v) is 6.24. The summed E-state index contributed by atoms with van der Waals surface area (Å²) in [6, 6.07) is 11.6. The van der Waals surface area contributed by atoms with Crippen molar-refractivity contribution in [1.82, 2.24) is 9.97 Å². The van der Waals surface area contributed by atoms with Gasteiger partial charge in [0.05, 0.1) is 6.61 Å². The molecule has 0 spiro atoms. The molecule has 0 amide bonds. The third-order valence-electron chi connectivity index (χ3n) is 2.79. The molecule has 1 heterocycles. The quantitative estimate of drug-likeness (QED) is 0.444. The number of nitrogens with zero attached hydrogens (tertiary/aromatic N) is 3. The molecule has 20 heavy (non-hydrogen) atoms. The molecule has 0 bridgehead atoms. The summed E-state index contributed by atoms with van der Waals surface area (Å²) >= 11 is 0. The molecule has 0 unspecified atom stereocenters. The van der Waals surface area contributed by atoms with Crippen LogP contribution in [0.4, 0.5) is 17.6 Å². The van der Waals surface area contributed by atoms with Crippen LogP contribution in [0.25, 0.3) is 0 Å². The lowest BCUT2D eigenvalue weighted by Gasteiger charge is -2.23. The van der Waals surface area contributed by atoms with Crippen molar-refractivity contribution in [3.63, 3.8) is 0 Å². The van der Waals surface area contributed by atoms with Gasteiger partial charge in [-0.25, -0.2) is 5.84 Å². The van der Waals surface area contributed by atoms with Crippen molar-refractivity contribution < 1.29 is 5.11 Å². The van der Waals surface area contributed by atoms with E-state index in [1.165, 1.54) is 0 Å². The number of hydrogen-bond donors (Lipinski definition) is 4. The lowest BCUT2D eigenvalue weighted by Crippen LogP contribution is -2.27. The first-order valence-electron chi connectivity index (χ1n) is 6.24. The molecule has 0 aliphatic rings. The van der Waals surface area contributed by atoms with Gasteiger partial charge in [-0.2, -0.15) is 9.97 Å². The summed E-state index contributed by atoms with van der Waals surface area (Å²) in [7, 11) is 0. The summed E-state index contributed by atoms with van der Waals surface area (Å²) in [6.45, 7) is 1.07. The molecule has 2 aromatic rings. The number of nitrogen functional groups attached to an aromatic ring is 2. The Morgan fingerprint density at radius 1 is 1.20 bits per heavy atom. The zero-order valence-electron chi connectivity index (χ0n) is 11.0. The highest BCUT2D eigenvalue weighted by molar-refractivity contribution is 5.52. The van der Waals surface area contributed by atoms with Crippen LogP contribution in [0.1, 0.15) is 5.56 Å². The van der Waals surface area contributed by atoms with Gasteiger partial charge in [0.15, 0.2) is 0 Å². The van der Waals surface area contributed by atoms with Crippen LogP contribution in [0.3, 0.4) is 0 Å². The second-order valence-electron chi connectivity index (χ2n) is 4.24. The van der Waals surface area contributed by atoms with Gasteiger partial charge in [0.2, 0.25) is 5.95 Å². The molecule has 0 aliphatic heterocycles. The number of hydrazine groups is 1. The Morgan fingerprint density at radius 3 is 2.60 bits per heavy atom. The number of nitrogens with two attached hydrogens (primary N) is 2. The van der Waals surface area contributed by atoms with Crippen molar-refractivity contribution in [3.05, 3.63) is 42.0 Å². The topological polar surface area (TPSA) is 113 Å². The molecule has 6 N–H and O–H groups in total. The average molecular weight is 274 g/mol. The standard InChI is InChI=1S/C13H18N6O/c14-13-16-11(18-15)8-12(17-13)19(6-7-20)9-10-4-2-1-3-5-10/h1-5,8,20H,6-7,9,15H2,(H3,14,16,17,18). The highest BCUT2D eigenvalue weighted by atomic mass is 16.3. The fraction of sp³-hybridized carbons (Fsp3) is 0.231. The fourth-order valence-corrected chi connectivity index (χ4v) is 1.89. The Labute approximate surface area is 117 Å². The van der Waals surface area contributed by atoms with E-state index in [0.717, 1.165) is 5.56 Å². The van der Waals surface area contributed by atoms with Crippen molar-refractivity contribution in [3.8, 4) is 0 Å². The number of nitrogens with one attached hydrogen (secondary N) is 1. The smallest absolute Gasteiger partial charge is 0.223 e. The first kappa shape index (κ1) is 14.0. The molecular weight excluding hydrogens is 256 g/mol. The molecule has 0 saturated heterocycles. The highest BCUT2D eigenvalue weighted by Crippen LogP contribution is 2.18. The Morgan fingerprint density at radius 2 is 1.95 bits per heavy atom. The van der Waals surface area contributed by atoms with Crippen molar-refractivity contribution in [1.29, 1.82) is 0 Å². The van der Waals surface area contributed by atoms with E-state index in [4.69, 9.17) is 11.6 Å². The summed E-state index contributed by atoms with van der Waals surface area (Å²) < 4.78 is 0. The normalized spacial score (nSPS) is 10.3. The second-order valence-corrected chi connectivity index (χ2v) is 4.24. The number of aliphatic hydroxyl groups is 1. The van der Waals surface area contributed by atoms with Crippen LogP contribution in [-0.4, -0.2) is 28.2 Å². The summed E-state index contributed by atoms with van der Waals surface area (Å²) in [5, 5.41) is 9.22. The predicted molar refractivity (Wildman–Crippen MR) is 78.8 cm³/mol. The van der Waals surface area contributed by atoms with Gasteiger partial charge in [-0.3, -0.25) is 0 Å². The minimum Gasteiger partial charge on any atom is -0.395 e. The van der Waals surface area contributed by atoms with Crippen molar-refractivity contribution in [2.75, 3.05) is 29.2 Å². The third kappa shape index (κ3) is 3.56. The van der Waals surface area contributed by atoms with Gasteiger partial charge in [-0.15, -0.1) is 0 Å². The zero-order chi connectivity index (χ0) is 14.4. The van der Waals surface area contributed by atoms with Gasteiger partial charge in [-0.1, -0.05) is 30.3 Å². The lowest BCUT2D eigenvalue weighted by molar-refractivity contribution is 0.301. The Balaban J connectivity index is 2.26. The number of benzene rings is 1. The SMILES string of the molecule is NNc1cc(N(CCO)Cc2ccccc2)nc(N)n1. The third-order valence-corrected chi connectivity index (χ3v) is 2.79. The second kappa shape index (κ2) is 6.69. The maximum Gasteiger partial charge on any atom is 0.223 e. The summed E-state index contributed by atoms with van der Waals surface area (Å²) in [6.07, 6.45) is 0. The molecule has 106 valence electrons. The number of hydrogen-bond acceptors (Lipinski definition) is 7. The average Bonchev–Trinajstić information content (AvgIpc) is 2.47. The molecule has 7 nitrogen and oxygen atoms in total. The van der Waals surface area contributed by atoms with Crippen LogP contribution in [0.5, 0.6) is 0 Å². The van der Waals surface area contributed by atoms with E-state index in [9.17, 15) is 5.11 Å². The number of rotatable bonds is 6. The molecule has 1 aromatic carbocycles. The van der Waals surface area contributed by atoms with Crippen LogP contribution < -0.4 is 21.9 Å². The van der Waals surface area contributed by atoms with Crippen LogP contribution in [0, 0.1) is 0 Å². The molecule has 7 heteroatoms. The minimum atomic E-state index is 0.0160. The van der Waals surface area contributed by atoms with E-state index in [2.05, 4.69) is 15.4 Å². The monoisotopic (exact) mass is 274 g/mol. The van der Waals surface area contributed by atoms with Crippen LogP contribution >= 0.6 is 0 Å². The van der Waals surface area contributed by atoms with E-state index < -0.39 is 0 Å². The fourth-order valence-electron chi connectivity index (χ4n) is 1.89. The molecule has 1 aromatic heterocycles. The summed E-state index contributed by atoms with van der Waals surface area (Å²) in [5.41, 5.74) is 9.22. The van der Waals surface area contributed by atoms with Gasteiger partial charge in [0.25, 0.3) is 0 Å². The molecule has 0 saturated carbocycles. The number of aliphatic hydroxyl groups excluding tert-OH is 1. The Hall–Kier alpha value is -2.38. The van der Waals surface area contributed by atoms with E-state index in [1.807, 2.05) is 35.2 Å². The van der Waals surface area contributed by atoms with Gasteiger partial charge in [-0.05, 0) is 5.56 Å². The zero-order valence-corrected chi connectivity index (χ0v) is 11.0. The van der Waals surface area contributed by atoms with E-state index in [0.29, 0.717) is 24.7 Å². The van der Waals surface area contributed by atoms with Gasteiger partial charge < -0.3 is 21.2 Å². The summed E-state index contributed by atoms with van der Waals surface area (Å²) in [5.74, 6) is 6.53. The molecule has 0 fully saturated rings. The van der Waals surface area contributed by atoms with Crippen molar-refractivity contribution >= 4 is 17.6 Å². The first-order chi connectivity index (χ1) is 9.72. The Bertz CT molecular complexity index is 548. The molecule has 0 aliphatic carbocycles. The van der Waals surface area contributed by atoms with Gasteiger partial charge >= 0.3 is 0 Å². The van der Waals surface area contributed by atoms with E-state index >= 15 is 0 Å². The van der Waals surface area contributed by atoms with E-state index in [1.54, 1.807) is 6.07 Å². The van der Waals surface area contributed by atoms with Crippen molar-refractivity contribution in [2.24, 2.45) is 5.84 Å². The maximum atomic E-state index is 9.22. The Kier molecular flexibility index (Phi) is 4.70. The largest absolute Gasteiger partial charge is 0.395 e. The maximum absolute atomic E-state index is 9.22.